The van der Waals surface area contributed by atoms with E-state index in [-0.39, 0.29) is 0 Å². The number of fused-ring (bicyclic) bond motifs is 1. The van der Waals surface area contributed by atoms with Crippen molar-refractivity contribution in [3.8, 4) is 0 Å². The Balaban J connectivity index is 2.91. The average molecular weight is 176 g/mol. The minimum atomic E-state index is 0.828. The summed E-state index contributed by atoms with van der Waals surface area (Å²) < 4.78 is 1.18. The first-order valence-electron chi connectivity index (χ1n) is 3.75. The van der Waals surface area contributed by atoms with Crippen molar-refractivity contribution in [1.29, 1.82) is 0 Å². The van der Waals surface area contributed by atoms with E-state index < -0.39 is 0 Å². The highest BCUT2D eigenvalue weighted by atomic mass is 32.1. The predicted octanol–water partition coefficient (Wildman–Crippen LogP) is 3.02. The Morgan fingerprint density at radius 2 is 2.17 bits per heavy atom. The molecule has 1 aromatic heterocycles. The molecule has 0 fully saturated rings. The van der Waals surface area contributed by atoms with Crippen LogP contribution in [0.2, 0.25) is 0 Å². The summed E-state index contributed by atoms with van der Waals surface area (Å²) in [4.78, 5) is 10.7. The topological polar surface area (TPSA) is 17.1 Å². The minimum Gasteiger partial charge on any atom is -0.298 e. The van der Waals surface area contributed by atoms with Crippen molar-refractivity contribution in [1.82, 2.24) is 0 Å². The van der Waals surface area contributed by atoms with Gasteiger partial charge in [-0.2, -0.15) is 0 Å². The van der Waals surface area contributed by atoms with Crippen LogP contribution in [0.4, 0.5) is 0 Å². The maximum Gasteiger partial charge on any atom is 0.150 e. The van der Waals surface area contributed by atoms with Crippen LogP contribution in [0.5, 0.6) is 0 Å². The zero-order valence-corrected chi connectivity index (χ0v) is 7.52. The number of thiophene rings is 1. The van der Waals surface area contributed by atoms with Gasteiger partial charge in [-0.25, -0.2) is 0 Å². The lowest BCUT2D eigenvalue weighted by molar-refractivity contribution is 0.112. The molecule has 1 nitrogen and oxygen atoms in total. The third-order valence-corrected chi connectivity index (χ3v) is 2.89. The van der Waals surface area contributed by atoms with Crippen molar-refractivity contribution in [3.05, 3.63) is 34.7 Å². The van der Waals surface area contributed by atoms with E-state index in [2.05, 4.69) is 6.07 Å². The molecule has 0 amide bonds. The number of aryl methyl sites for hydroxylation is 1. The number of rotatable bonds is 1. The van der Waals surface area contributed by atoms with E-state index in [1.54, 1.807) is 11.3 Å². The Bertz CT molecular complexity index is 428. The van der Waals surface area contributed by atoms with Crippen LogP contribution in [-0.4, -0.2) is 6.29 Å². The lowest BCUT2D eigenvalue weighted by atomic mass is 10.1. The number of carbonyl (C=O) groups is 1. The van der Waals surface area contributed by atoms with Gasteiger partial charge in [0.2, 0.25) is 0 Å². The summed E-state index contributed by atoms with van der Waals surface area (Å²) in [6, 6.07) is 6.04. The molecule has 0 aliphatic carbocycles. The van der Waals surface area contributed by atoms with Gasteiger partial charge in [0.25, 0.3) is 0 Å². The van der Waals surface area contributed by atoms with Crippen LogP contribution in [0.3, 0.4) is 0 Å². The smallest absolute Gasteiger partial charge is 0.150 e. The highest BCUT2D eigenvalue weighted by Gasteiger charge is 2.03. The maximum absolute atomic E-state index is 10.7. The summed E-state index contributed by atoms with van der Waals surface area (Å²) in [6.45, 7) is 1.96. The van der Waals surface area contributed by atoms with E-state index in [4.69, 9.17) is 0 Å². The second-order valence-electron chi connectivity index (χ2n) is 2.75. The minimum absolute atomic E-state index is 0.828. The number of benzene rings is 1. The molecule has 60 valence electrons. The normalized spacial score (nSPS) is 10.4. The Labute approximate surface area is 74.6 Å². The number of hydrogen-bond donors (Lipinski definition) is 0. The fourth-order valence-electron chi connectivity index (χ4n) is 1.33. The summed E-state index contributed by atoms with van der Waals surface area (Å²) >= 11 is 1.67. The van der Waals surface area contributed by atoms with Crippen LogP contribution < -0.4 is 0 Å². The predicted molar refractivity (Wildman–Crippen MR) is 51.9 cm³/mol. The fraction of sp³-hybridized carbons (Fsp3) is 0.100. The number of aldehydes is 1. The molecule has 2 rings (SSSR count). The Kier molecular flexibility index (Phi) is 1.70. The molecule has 1 heterocycles. The van der Waals surface area contributed by atoms with E-state index in [0.29, 0.717) is 0 Å². The van der Waals surface area contributed by atoms with Crippen LogP contribution in [-0.2, 0) is 0 Å². The Hall–Kier alpha value is -1.15. The monoisotopic (exact) mass is 176 g/mol. The summed E-state index contributed by atoms with van der Waals surface area (Å²) in [6.07, 6.45) is 0.935. The maximum atomic E-state index is 10.7. The molecule has 0 saturated carbocycles. The lowest BCUT2D eigenvalue weighted by Gasteiger charge is -1.98. The van der Waals surface area contributed by atoms with E-state index in [0.717, 1.165) is 22.8 Å². The molecular formula is C10H8OS. The van der Waals surface area contributed by atoms with Crippen molar-refractivity contribution in [3.63, 3.8) is 0 Å². The molecule has 0 bridgehead atoms. The quantitative estimate of drug-likeness (QED) is 0.610. The standard InChI is InChI=1S/C10H8OS/c1-7-2-3-10-8(4-5-12-10)9(7)6-11/h2-6H,1H3. The first-order valence-corrected chi connectivity index (χ1v) is 4.63. The van der Waals surface area contributed by atoms with Gasteiger partial charge in [0.15, 0.2) is 6.29 Å². The van der Waals surface area contributed by atoms with Crippen LogP contribution in [0.1, 0.15) is 15.9 Å². The van der Waals surface area contributed by atoms with Crippen LogP contribution >= 0.6 is 11.3 Å². The summed E-state index contributed by atoms with van der Waals surface area (Å²) in [5.74, 6) is 0. The van der Waals surface area contributed by atoms with Gasteiger partial charge in [-0.3, -0.25) is 4.79 Å². The largest absolute Gasteiger partial charge is 0.298 e. The third kappa shape index (κ3) is 0.959. The molecule has 1 aromatic carbocycles. The van der Waals surface area contributed by atoms with Crippen LogP contribution in [0.15, 0.2) is 23.6 Å². The SMILES string of the molecule is Cc1ccc2sccc2c1C=O. The van der Waals surface area contributed by atoms with E-state index in [1.807, 2.05) is 24.4 Å². The van der Waals surface area contributed by atoms with E-state index in [9.17, 15) is 4.79 Å². The van der Waals surface area contributed by atoms with Crippen molar-refractivity contribution in [2.75, 3.05) is 0 Å². The molecule has 0 aliphatic heterocycles. The van der Waals surface area contributed by atoms with E-state index in [1.165, 1.54) is 4.70 Å². The highest BCUT2D eigenvalue weighted by Crippen LogP contribution is 2.25. The van der Waals surface area contributed by atoms with Gasteiger partial charge >= 0.3 is 0 Å². The first kappa shape index (κ1) is 7.50. The Morgan fingerprint density at radius 3 is 2.92 bits per heavy atom. The first-order chi connectivity index (χ1) is 5.83. The molecule has 2 heteroatoms. The molecule has 0 N–H and O–H groups in total. The van der Waals surface area contributed by atoms with Gasteiger partial charge < -0.3 is 0 Å². The lowest BCUT2D eigenvalue weighted by Crippen LogP contribution is -1.85. The van der Waals surface area contributed by atoms with Gasteiger partial charge in [-0.05, 0) is 30.0 Å². The third-order valence-electron chi connectivity index (χ3n) is 2.01. The molecule has 0 radical (unpaired) electrons. The van der Waals surface area contributed by atoms with Gasteiger partial charge in [0.1, 0.15) is 0 Å². The summed E-state index contributed by atoms with van der Waals surface area (Å²) in [5, 5.41) is 3.09. The summed E-state index contributed by atoms with van der Waals surface area (Å²) in [5.41, 5.74) is 1.88. The van der Waals surface area contributed by atoms with Crippen molar-refractivity contribution < 1.29 is 4.79 Å². The van der Waals surface area contributed by atoms with Crippen LogP contribution in [0.25, 0.3) is 10.1 Å². The van der Waals surface area contributed by atoms with Gasteiger partial charge in [0.05, 0.1) is 0 Å². The number of hydrogen-bond acceptors (Lipinski definition) is 2. The molecule has 0 saturated heterocycles. The van der Waals surface area contributed by atoms with Crippen LogP contribution in [0, 0.1) is 6.92 Å². The second kappa shape index (κ2) is 2.72. The molecule has 0 spiro atoms. The van der Waals surface area contributed by atoms with Gasteiger partial charge in [0, 0.05) is 15.6 Å². The van der Waals surface area contributed by atoms with Crippen molar-refractivity contribution in [2.24, 2.45) is 0 Å². The second-order valence-corrected chi connectivity index (χ2v) is 3.69. The molecule has 0 atom stereocenters. The number of carbonyl (C=O) groups excluding carboxylic acids is 1. The zero-order chi connectivity index (χ0) is 8.55. The molecule has 12 heavy (non-hydrogen) atoms. The van der Waals surface area contributed by atoms with Crippen molar-refractivity contribution in [2.45, 2.75) is 6.92 Å². The average Bonchev–Trinajstić information content (AvgIpc) is 2.52. The van der Waals surface area contributed by atoms with Gasteiger partial charge in [-0.15, -0.1) is 11.3 Å². The molecular weight excluding hydrogens is 168 g/mol. The fourth-order valence-corrected chi connectivity index (χ4v) is 2.13. The highest BCUT2D eigenvalue weighted by molar-refractivity contribution is 7.17. The molecule has 0 unspecified atom stereocenters. The van der Waals surface area contributed by atoms with E-state index >= 15 is 0 Å². The molecule has 0 aliphatic rings. The Morgan fingerprint density at radius 1 is 1.33 bits per heavy atom. The zero-order valence-electron chi connectivity index (χ0n) is 6.70. The summed E-state index contributed by atoms with van der Waals surface area (Å²) in [7, 11) is 0. The molecule has 2 aromatic rings. The van der Waals surface area contributed by atoms with Crippen molar-refractivity contribution >= 4 is 27.7 Å². The van der Waals surface area contributed by atoms with Gasteiger partial charge in [-0.1, -0.05) is 6.07 Å².